The van der Waals surface area contributed by atoms with Gasteiger partial charge >= 0.3 is 0 Å². The lowest BCUT2D eigenvalue weighted by molar-refractivity contribution is -0.149. The summed E-state index contributed by atoms with van der Waals surface area (Å²) < 4.78 is 0. The number of hydrogen-bond donors (Lipinski definition) is 1. The number of aromatic amines is 1. The van der Waals surface area contributed by atoms with Gasteiger partial charge in [0.1, 0.15) is 0 Å². The SMILES string of the molecule is C=CCN1C[C@H](C(=O)N(CCCN(C)C)C(=O)CCC)CC2c3cccc4[nH]cc(c34)C[C@H]21. The highest BCUT2D eigenvalue weighted by Gasteiger charge is 2.43. The summed E-state index contributed by atoms with van der Waals surface area (Å²) >= 11 is 0. The fourth-order valence-electron chi connectivity index (χ4n) is 5.82. The molecular formula is C27H38N4O2. The number of H-pyrrole nitrogens is 1. The molecule has 2 aliphatic rings. The molecule has 2 aromatic rings. The standard InChI is InChI=1S/C27H38N4O2/c1-5-9-25(32)31(14-8-13-29(3)4)27(33)20-15-22-21-10-7-11-23-26(21)19(17-28-23)16-24(22)30(18-20)12-6-2/h6-7,10-11,17,20,22,24,28H,2,5,8-9,12-16,18H2,1,3-4H3/t20-,22?,24-/m1/s1. The van der Waals surface area contributed by atoms with Crippen molar-refractivity contribution in [3.8, 4) is 0 Å². The third kappa shape index (κ3) is 4.78. The van der Waals surface area contributed by atoms with E-state index in [-0.39, 0.29) is 23.7 Å². The highest BCUT2D eigenvalue weighted by atomic mass is 16.2. The van der Waals surface area contributed by atoms with Crippen LogP contribution in [-0.2, 0) is 16.0 Å². The van der Waals surface area contributed by atoms with Crippen molar-refractivity contribution >= 4 is 22.7 Å². The van der Waals surface area contributed by atoms with Crippen molar-refractivity contribution in [1.29, 1.82) is 0 Å². The summed E-state index contributed by atoms with van der Waals surface area (Å²) in [4.78, 5) is 36.2. The van der Waals surface area contributed by atoms with Crippen molar-refractivity contribution in [2.45, 2.75) is 51.0 Å². The quantitative estimate of drug-likeness (QED) is 0.591. The average molecular weight is 451 g/mol. The van der Waals surface area contributed by atoms with Crippen LogP contribution in [0.1, 0.15) is 49.7 Å². The van der Waals surface area contributed by atoms with Crippen LogP contribution in [0.5, 0.6) is 0 Å². The zero-order chi connectivity index (χ0) is 23.5. The summed E-state index contributed by atoms with van der Waals surface area (Å²) in [5.41, 5.74) is 3.88. The van der Waals surface area contributed by atoms with E-state index in [1.807, 2.05) is 27.1 Å². The molecule has 0 spiro atoms. The van der Waals surface area contributed by atoms with Gasteiger partial charge in [0.15, 0.2) is 0 Å². The number of fused-ring (bicyclic) bond motifs is 2. The van der Waals surface area contributed by atoms with Crippen LogP contribution in [-0.4, -0.2) is 77.8 Å². The number of rotatable bonds is 9. The van der Waals surface area contributed by atoms with Gasteiger partial charge in [-0.05, 0) is 63.5 Å². The van der Waals surface area contributed by atoms with Crippen LogP contribution in [0.25, 0.3) is 10.9 Å². The molecule has 1 aromatic heterocycles. The van der Waals surface area contributed by atoms with Crippen LogP contribution >= 0.6 is 0 Å². The normalized spacial score (nSPS) is 22.4. The highest BCUT2D eigenvalue weighted by Crippen LogP contribution is 2.45. The third-order valence-corrected chi connectivity index (χ3v) is 7.31. The zero-order valence-electron chi connectivity index (χ0n) is 20.3. The van der Waals surface area contributed by atoms with E-state index in [4.69, 9.17) is 0 Å². The molecule has 6 heteroatoms. The van der Waals surface area contributed by atoms with Crippen LogP contribution in [0.2, 0.25) is 0 Å². The van der Waals surface area contributed by atoms with Crippen molar-refractivity contribution in [3.63, 3.8) is 0 Å². The monoisotopic (exact) mass is 450 g/mol. The van der Waals surface area contributed by atoms with E-state index in [2.05, 4.69) is 45.8 Å². The molecule has 1 aromatic carbocycles. The molecule has 2 amide bonds. The van der Waals surface area contributed by atoms with Crippen molar-refractivity contribution in [1.82, 2.24) is 19.7 Å². The number of nitrogens with one attached hydrogen (secondary N) is 1. The largest absolute Gasteiger partial charge is 0.361 e. The van der Waals surface area contributed by atoms with Crippen molar-refractivity contribution in [2.24, 2.45) is 5.92 Å². The van der Waals surface area contributed by atoms with Gasteiger partial charge in [0.25, 0.3) is 0 Å². The number of amides is 2. The Balaban J connectivity index is 1.61. The van der Waals surface area contributed by atoms with Gasteiger partial charge in [0, 0.05) is 55.1 Å². The van der Waals surface area contributed by atoms with Crippen LogP contribution in [0.4, 0.5) is 0 Å². The Kier molecular flexibility index (Phi) is 7.35. The fraction of sp³-hybridized carbons (Fsp3) is 0.556. The Morgan fingerprint density at radius 1 is 1.27 bits per heavy atom. The number of carbonyl (C=O) groups is 2. The second kappa shape index (κ2) is 10.2. The van der Waals surface area contributed by atoms with E-state index in [1.54, 1.807) is 4.90 Å². The molecule has 1 saturated heterocycles. The molecule has 1 N–H and O–H groups in total. The maximum atomic E-state index is 13.8. The summed E-state index contributed by atoms with van der Waals surface area (Å²) in [6.45, 7) is 8.77. The second-order valence-electron chi connectivity index (χ2n) is 9.93. The predicted octanol–water partition coefficient (Wildman–Crippen LogP) is 3.79. The van der Waals surface area contributed by atoms with Crippen LogP contribution in [0.3, 0.4) is 0 Å². The number of benzene rings is 1. The number of aromatic nitrogens is 1. The Labute approximate surface area is 197 Å². The summed E-state index contributed by atoms with van der Waals surface area (Å²) in [5, 5.41) is 1.33. The third-order valence-electron chi connectivity index (χ3n) is 7.31. The lowest BCUT2D eigenvalue weighted by Crippen LogP contribution is -2.54. The molecule has 1 aliphatic heterocycles. The highest BCUT2D eigenvalue weighted by molar-refractivity contribution is 5.96. The molecule has 1 fully saturated rings. The van der Waals surface area contributed by atoms with Crippen molar-refractivity contribution in [3.05, 3.63) is 48.2 Å². The first-order valence-corrected chi connectivity index (χ1v) is 12.4. The smallest absolute Gasteiger partial charge is 0.233 e. The van der Waals surface area contributed by atoms with Gasteiger partial charge in [-0.3, -0.25) is 19.4 Å². The van der Waals surface area contributed by atoms with Gasteiger partial charge in [-0.15, -0.1) is 6.58 Å². The Bertz CT molecular complexity index is 1010. The fourth-order valence-corrected chi connectivity index (χ4v) is 5.82. The van der Waals surface area contributed by atoms with E-state index in [9.17, 15) is 9.59 Å². The maximum absolute atomic E-state index is 13.8. The van der Waals surface area contributed by atoms with Gasteiger partial charge < -0.3 is 9.88 Å². The van der Waals surface area contributed by atoms with E-state index >= 15 is 0 Å². The Morgan fingerprint density at radius 3 is 2.82 bits per heavy atom. The van der Waals surface area contributed by atoms with E-state index in [1.165, 1.54) is 22.0 Å². The molecule has 4 rings (SSSR count). The van der Waals surface area contributed by atoms with E-state index in [0.29, 0.717) is 25.6 Å². The lowest BCUT2D eigenvalue weighted by atomic mass is 9.72. The predicted molar refractivity (Wildman–Crippen MR) is 133 cm³/mol. The molecule has 1 unspecified atom stereocenters. The van der Waals surface area contributed by atoms with Gasteiger partial charge in [0.2, 0.25) is 11.8 Å². The van der Waals surface area contributed by atoms with Crippen LogP contribution < -0.4 is 0 Å². The minimum absolute atomic E-state index is 0.00626. The molecular weight excluding hydrogens is 412 g/mol. The molecule has 0 bridgehead atoms. The maximum Gasteiger partial charge on any atom is 0.233 e. The van der Waals surface area contributed by atoms with E-state index < -0.39 is 0 Å². The van der Waals surface area contributed by atoms with Crippen LogP contribution in [0.15, 0.2) is 37.1 Å². The van der Waals surface area contributed by atoms with Crippen molar-refractivity contribution < 1.29 is 9.59 Å². The summed E-state index contributed by atoms with van der Waals surface area (Å²) in [6, 6.07) is 6.83. The molecule has 2 heterocycles. The molecule has 0 saturated carbocycles. The lowest BCUT2D eigenvalue weighted by Gasteiger charge is -2.47. The molecule has 6 nitrogen and oxygen atoms in total. The van der Waals surface area contributed by atoms with Crippen LogP contribution in [0, 0.1) is 5.92 Å². The minimum atomic E-state index is -0.179. The van der Waals surface area contributed by atoms with Gasteiger partial charge in [-0.2, -0.15) is 0 Å². The number of imide groups is 1. The first-order chi connectivity index (χ1) is 15.9. The summed E-state index contributed by atoms with van der Waals surface area (Å²) in [6.07, 6.45) is 7.84. The van der Waals surface area contributed by atoms with Crippen molar-refractivity contribution in [2.75, 3.05) is 40.3 Å². The first kappa shape index (κ1) is 23.7. The summed E-state index contributed by atoms with van der Waals surface area (Å²) in [7, 11) is 4.04. The molecule has 33 heavy (non-hydrogen) atoms. The number of carbonyl (C=O) groups excluding carboxylic acids is 2. The number of nitrogens with zero attached hydrogens (tertiary/aromatic N) is 3. The Hall–Kier alpha value is -2.44. The van der Waals surface area contributed by atoms with Gasteiger partial charge in [0.05, 0.1) is 5.92 Å². The number of piperidine rings is 1. The molecule has 1 aliphatic carbocycles. The van der Waals surface area contributed by atoms with Gasteiger partial charge in [-0.25, -0.2) is 0 Å². The topological polar surface area (TPSA) is 59.7 Å². The number of hydrogen-bond acceptors (Lipinski definition) is 4. The summed E-state index contributed by atoms with van der Waals surface area (Å²) in [5.74, 6) is 0.0794. The van der Waals surface area contributed by atoms with Gasteiger partial charge in [-0.1, -0.05) is 25.1 Å². The minimum Gasteiger partial charge on any atom is -0.361 e. The Morgan fingerprint density at radius 2 is 2.09 bits per heavy atom. The average Bonchev–Trinajstić information content (AvgIpc) is 3.21. The molecule has 3 atom stereocenters. The molecule has 178 valence electrons. The zero-order valence-corrected chi connectivity index (χ0v) is 20.3. The van der Waals surface area contributed by atoms with E-state index in [0.717, 1.165) is 38.8 Å². The number of likely N-dealkylation sites (tertiary alicyclic amines) is 1. The molecule has 0 radical (unpaired) electrons. The second-order valence-corrected chi connectivity index (χ2v) is 9.93. The first-order valence-electron chi connectivity index (χ1n) is 12.4.